The number of amides is 2. The van der Waals surface area contributed by atoms with Crippen LogP contribution in [0.5, 0.6) is 0 Å². The van der Waals surface area contributed by atoms with Crippen LogP contribution in [-0.2, 0) is 30.4 Å². The van der Waals surface area contributed by atoms with Crippen molar-refractivity contribution in [3.63, 3.8) is 0 Å². The van der Waals surface area contributed by atoms with Crippen molar-refractivity contribution in [2.45, 2.75) is 45.1 Å². The van der Waals surface area contributed by atoms with Gasteiger partial charge in [0.2, 0.25) is 5.91 Å². The number of benzene rings is 1. The fourth-order valence-corrected chi connectivity index (χ4v) is 4.98. The number of aromatic nitrogens is 4. The number of hydrogen-bond acceptors (Lipinski definition) is 11. The summed E-state index contributed by atoms with van der Waals surface area (Å²) in [5.74, 6) is -1.09. The van der Waals surface area contributed by atoms with Gasteiger partial charge in [0.25, 0.3) is 0 Å². The van der Waals surface area contributed by atoms with Gasteiger partial charge in [0, 0.05) is 30.6 Å². The summed E-state index contributed by atoms with van der Waals surface area (Å²) in [6.07, 6.45) is 5.17. The third kappa shape index (κ3) is 8.22. The molecule has 14 nitrogen and oxygen atoms in total. The van der Waals surface area contributed by atoms with Crippen molar-refractivity contribution < 1.29 is 33.1 Å². The van der Waals surface area contributed by atoms with Gasteiger partial charge in [0.15, 0.2) is 0 Å². The molecule has 0 radical (unpaired) electrons. The van der Waals surface area contributed by atoms with E-state index in [9.17, 15) is 14.4 Å². The maximum atomic E-state index is 15.2. The van der Waals surface area contributed by atoms with E-state index in [-0.39, 0.29) is 32.1 Å². The molecule has 1 fully saturated rings. The van der Waals surface area contributed by atoms with Crippen LogP contribution in [0, 0.1) is 5.82 Å². The lowest BCUT2D eigenvalue weighted by Crippen LogP contribution is -2.42. The lowest BCUT2D eigenvalue weighted by atomic mass is 10.1. The van der Waals surface area contributed by atoms with E-state index in [1.54, 1.807) is 87.3 Å². The molecular formula is C31H37FN8O6. The Bertz CT molecular complexity index is 1590. The van der Waals surface area contributed by atoms with Crippen LogP contribution < -0.4 is 10.4 Å². The standard InChI is InChI=1S/C31H37FN8O6/c1-31(2,3)45-29(42)19-37(4)18-28(41)38(5)15-22-13-27(35-46-22)26-9-6-20(14-33-26)24-8-7-21(12-25(24)32)40-17-23(44-30(40)43)16-39-11-10-34-36-39/h6-14,22-23,35H,15-19H2,1-5H3/t22-,23-/m0/s1. The van der Waals surface area contributed by atoms with Crippen LogP contribution in [0.25, 0.3) is 16.8 Å². The number of anilines is 1. The Morgan fingerprint density at radius 1 is 1.17 bits per heavy atom. The SMILES string of the molecule is CN(CC(=O)OC(C)(C)C)CC(=O)N(C)C[C@@H]1C=C(c2ccc(-c3ccc(N4C[C@H](Cn5ccnn5)OC4=O)cc3F)cn2)NO1. The molecule has 2 amide bonds. The molecule has 2 atom stereocenters. The van der Waals surface area contributed by atoms with Crippen molar-refractivity contribution in [1.29, 1.82) is 0 Å². The molecule has 0 saturated carbocycles. The molecule has 1 N–H and O–H groups in total. The second-order valence-corrected chi connectivity index (χ2v) is 12.2. The van der Waals surface area contributed by atoms with Crippen LogP contribution >= 0.6 is 0 Å². The van der Waals surface area contributed by atoms with E-state index < -0.39 is 35.7 Å². The van der Waals surface area contributed by atoms with Crippen molar-refractivity contribution in [2.24, 2.45) is 0 Å². The van der Waals surface area contributed by atoms with Crippen LogP contribution in [0.15, 0.2) is 55.0 Å². The maximum absolute atomic E-state index is 15.2. The zero-order valence-electron chi connectivity index (χ0n) is 26.3. The molecule has 0 spiro atoms. The summed E-state index contributed by atoms with van der Waals surface area (Å²) < 4.78 is 27.5. The number of pyridine rings is 1. The van der Waals surface area contributed by atoms with E-state index in [1.165, 1.54) is 15.9 Å². The molecular weight excluding hydrogens is 599 g/mol. The molecule has 3 aromatic rings. The lowest BCUT2D eigenvalue weighted by Gasteiger charge is -2.24. The molecule has 2 aromatic heterocycles. The van der Waals surface area contributed by atoms with Crippen LogP contribution in [-0.4, -0.2) is 106 Å². The smallest absolute Gasteiger partial charge is 0.414 e. The minimum absolute atomic E-state index is 0.00274. The quantitative estimate of drug-likeness (QED) is 0.310. The van der Waals surface area contributed by atoms with Gasteiger partial charge in [-0.3, -0.25) is 34.7 Å². The molecule has 1 saturated heterocycles. The largest absolute Gasteiger partial charge is 0.459 e. The summed E-state index contributed by atoms with van der Waals surface area (Å²) in [5.41, 5.74) is 4.71. The molecule has 46 heavy (non-hydrogen) atoms. The van der Waals surface area contributed by atoms with Gasteiger partial charge in [0.1, 0.15) is 23.6 Å². The number of ether oxygens (including phenoxy) is 2. The average molecular weight is 637 g/mol. The topological polar surface area (TPSA) is 144 Å². The molecule has 244 valence electrons. The van der Waals surface area contributed by atoms with Gasteiger partial charge in [-0.25, -0.2) is 13.9 Å². The van der Waals surface area contributed by atoms with Crippen LogP contribution in [0.4, 0.5) is 14.9 Å². The number of hydroxylamine groups is 1. The van der Waals surface area contributed by atoms with E-state index in [4.69, 9.17) is 14.3 Å². The lowest BCUT2D eigenvalue weighted by molar-refractivity contribution is -0.156. The molecule has 0 aliphatic carbocycles. The van der Waals surface area contributed by atoms with Gasteiger partial charge >= 0.3 is 12.1 Å². The second kappa shape index (κ2) is 13.6. The number of hydrogen-bond donors (Lipinski definition) is 1. The summed E-state index contributed by atoms with van der Waals surface area (Å²) in [6, 6.07) is 8.04. The number of nitrogens with zero attached hydrogens (tertiary/aromatic N) is 7. The maximum Gasteiger partial charge on any atom is 0.414 e. The number of cyclic esters (lactones) is 1. The fraction of sp³-hybridized carbons (Fsp3) is 0.419. The summed E-state index contributed by atoms with van der Waals surface area (Å²) in [4.78, 5) is 51.8. The molecule has 15 heteroatoms. The average Bonchev–Trinajstić information content (AvgIpc) is 3.74. The fourth-order valence-electron chi connectivity index (χ4n) is 4.98. The van der Waals surface area contributed by atoms with Crippen molar-refractivity contribution in [3.05, 3.63) is 66.5 Å². The summed E-state index contributed by atoms with van der Waals surface area (Å²) in [7, 11) is 3.34. The summed E-state index contributed by atoms with van der Waals surface area (Å²) >= 11 is 0. The first-order chi connectivity index (χ1) is 21.8. The third-order valence-electron chi connectivity index (χ3n) is 7.13. The molecule has 5 rings (SSSR count). The molecule has 2 aliphatic rings. The van der Waals surface area contributed by atoms with Gasteiger partial charge < -0.3 is 14.4 Å². The highest BCUT2D eigenvalue weighted by Gasteiger charge is 2.33. The number of esters is 1. The molecule has 0 unspecified atom stereocenters. The Labute approximate surface area is 265 Å². The van der Waals surface area contributed by atoms with Crippen molar-refractivity contribution >= 4 is 29.4 Å². The van der Waals surface area contributed by atoms with Gasteiger partial charge in [-0.1, -0.05) is 11.3 Å². The minimum Gasteiger partial charge on any atom is -0.459 e. The Hall–Kier alpha value is -4.89. The zero-order valence-corrected chi connectivity index (χ0v) is 26.3. The zero-order chi connectivity index (χ0) is 33.0. The van der Waals surface area contributed by atoms with Crippen LogP contribution in [0.2, 0.25) is 0 Å². The first-order valence-corrected chi connectivity index (χ1v) is 14.7. The number of likely N-dealkylation sites (N-methyl/N-ethyl adjacent to an activating group) is 2. The summed E-state index contributed by atoms with van der Waals surface area (Å²) in [5, 5.41) is 7.63. The highest BCUT2D eigenvalue weighted by Crippen LogP contribution is 2.30. The van der Waals surface area contributed by atoms with E-state index in [0.717, 1.165) is 0 Å². The third-order valence-corrected chi connectivity index (χ3v) is 7.13. The molecule has 1 aromatic carbocycles. The number of carbonyl (C=O) groups excluding carboxylic acids is 3. The van der Waals surface area contributed by atoms with E-state index in [2.05, 4.69) is 20.8 Å². The normalized spacial score (nSPS) is 17.9. The molecule has 0 bridgehead atoms. The van der Waals surface area contributed by atoms with Gasteiger partial charge in [-0.05, 0) is 58.2 Å². The molecule has 2 aliphatic heterocycles. The molecule has 4 heterocycles. The minimum atomic E-state index is -0.593. The van der Waals surface area contributed by atoms with Gasteiger partial charge in [-0.2, -0.15) is 0 Å². The van der Waals surface area contributed by atoms with Crippen molar-refractivity contribution in [2.75, 3.05) is 45.2 Å². The Balaban J connectivity index is 1.14. The van der Waals surface area contributed by atoms with Gasteiger partial charge in [-0.15, -0.1) is 5.10 Å². The van der Waals surface area contributed by atoms with Crippen molar-refractivity contribution in [1.82, 2.24) is 35.3 Å². The number of carbonyl (C=O) groups is 3. The monoisotopic (exact) mass is 636 g/mol. The predicted molar refractivity (Wildman–Crippen MR) is 164 cm³/mol. The highest BCUT2D eigenvalue weighted by atomic mass is 19.1. The number of rotatable bonds is 11. The Morgan fingerprint density at radius 2 is 1.98 bits per heavy atom. The Morgan fingerprint density at radius 3 is 2.65 bits per heavy atom. The van der Waals surface area contributed by atoms with E-state index >= 15 is 4.39 Å². The van der Waals surface area contributed by atoms with E-state index in [1.807, 2.05) is 6.08 Å². The van der Waals surface area contributed by atoms with Crippen molar-refractivity contribution in [3.8, 4) is 11.1 Å². The first kappa shape index (κ1) is 32.5. The van der Waals surface area contributed by atoms with Gasteiger partial charge in [0.05, 0.1) is 56.0 Å². The first-order valence-electron chi connectivity index (χ1n) is 14.7. The van der Waals surface area contributed by atoms with Crippen LogP contribution in [0.1, 0.15) is 26.5 Å². The summed E-state index contributed by atoms with van der Waals surface area (Å²) in [6.45, 7) is 6.29. The number of halogens is 1. The van der Waals surface area contributed by atoms with Crippen LogP contribution in [0.3, 0.4) is 0 Å². The van der Waals surface area contributed by atoms with E-state index in [0.29, 0.717) is 34.8 Å². The second-order valence-electron chi connectivity index (χ2n) is 12.2. The highest BCUT2D eigenvalue weighted by molar-refractivity contribution is 5.90. The number of nitrogens with one attached hydrogen (secondary N) is 1. The predicted octanol–water partition coefficient (Wildman–Crippen LogP) is 2.48. The Kier molecular flexibility index (Phi) is 9.63.